The minimum Gasteiger partial charge on any atom is -0.748 e. The lowest BCUT2D eigenvalue weighted by molar-refractivity contribution is -0.442. The number of anilines is 1. The number of hydroxylamine groups is 2. The predicted octanol–water partition coefficient (Wildman–Crippen LogP) is 1.77. The van der Waals surface area contributed by atoms with Gasteiger partial charge in [-0.05, 0) is 94.0 Å². The van der Waals surface area contributed by atoms with Crippen molar-refractivity contribution >= 4 is 75.3 Å². The zero-order valence-corrected chi connectivity index (χ0v) is 39.1. The third-order valence-corrected chi connectivity index (χ3v) is 14.7. The monoisotopic (exact) mass is 986 g/mol. The van der Waals surface area contributed by atoms with E-state index in [0.29, 0.717) is 39.0 Å². The fourth-order valence-corrected chi connectivity index (χ4v) is 10.4. The highest BCUT2D eigenvalue weighted by atomic mass is 32.2. The summed E-state index contributed by atoms with van der Waals surface area (Å²) in [5.41, 5.74) is 0.346. The summed E-state index contributed by atoms with van der Waals surface area (Å²) >= 11 is 0. The Morgan fingerprint density at radius 3 is 1.89 bits per heavy atom. The maximum atomic E-state index is 12.4. The van der Waals surface area contributed by atoms with Gasteiger partial charge in [-0.3, -0.25) is 9.59 Å². The number of ether oxygens (including phenoxy) is 2. The Bertz CT molecular complexity index is 2770. The van der Waals surface area contributed by atoms with Crippen LogP contribution in [0.2, 0.25) is 0 Å². The van der Waals surface area contributed by atoms with Gasteiger partial charge in [-0.25, -0.2) is 38.5 Å². The summed E-state index contributed by atoms with van der Waals surface area (Å²) in [6, 6.07) is 7.46. The molecular formula is C40H48N3O18S4-3. The van der Waals surface area contributed by atoms with Crippen molar-refractivity contribution in [3.63, 3.8) is 0 Å². The lowest BCUT2D eigenvalue weighted by Crippen LogP contribution is -2.33. The first kappa shape index (κ1) is 51.5. The predicted molar refractivity (Wildman–Crippen MR) is 225 cm³/mol. The molecule has 25 heteroatoms. The first-order valence-electron chi connectivity index (χ1n) is 20.1. The Morgan fingerprint density at radius 2 is 1.34 bits per heavy atom. The van der Waals surface area contributed by atoms with Crippen molar-refractivity contribution in [3.05, 3.63) is 70.9 Å². The number of fused-ring (bicyclic) bond motifs is 2. The third-order valence-electron chi connectivity index (χ3n) is 11.5. The largest absolute Gasteiger partial charge is 0.748 e. The SMILES string of the molecule is COCCN1/C(=C/C(C)=C/C2=[N+](CCOCCC(=O)ON3C(=O)CCC3=O)c3ccc(S(=O)(=O)[O-])cc3C2(C)CCCS(=O)(=O)[O-])C(C)(CCCS(=O)(=O)[O-])c2cc(S(=O)(=O)[O-])ccc21. The maximum absolute atomic E-state index is 12.4. The van der Waals surface area contributed by atoms with E-state index in [1.54, 1.807) is 42.4 Å². The second-order valence-corrected chi connectivity index (χ2v) is 22.0. The molecule has 0 radical (unpaired) electrons. The summed E-state index contributed by atoms with van der Waals surface area (Å²) < 4.78 is 157. The van der Waals surface area contributed by atoms with E-state index >= 15 is 0 Å². The van der Waals surface area contributed by atoms with Crippen molar-refractivity contribution < 1.29 is 85.2 Å². The zero-order chi connectivity index (χ0) is 48.3. The molecule has 65 heavy (non-hydrogen) atoms. The Hall–Kier alpha value is -4.44. The quantitative estimate of drug-likeness (QED) is 0.0702. The topological polar surface area (TPSA) is 317 Å². The van der Waals surface area contributed by atoms with Gasteiger partial charge in [-0.1, -0.05) is 0 Å². The normalized spacial score (nSPS) is 21.2. The fourth-order valence-electron chi connectivity index (χ4n) is 8.39. The summed E-state index contributed by atoms with van der Waals surface area (Å²) in [5.74, 6) is -3.76. The molecule has 1 saturated heterocycles. The van der Waals surface area contributed by atoms with E-state index in [0.717, 1.165) is 12.1 Å². The van der Waals surface area contributed by atoms with Gasteiger partial charge in [0.2, 0.25) is 5.69 Å². The van der Waals surface area contributed by atoms with Crippen LogP contribution in [0.25, 0.3) is 0 Å². The van der Waals surface area contributed by atoms with Gasteiger partial charge in [0.1, 0.15) is 26.8 Å². The van der Waals surface area contributed by atoms with Crippen molar-refractivity contribution in [3.8, 4) is 0 Å². The molecule has 0 aromatic heterocycles. The molecule has 2 aromatic carbocycles. The van der Waals surface area contributed by atoms with Crippen LogP contribution in [0.15, 0.2) is 69.6 Å². The second-order valence-electron chi connectivity index (χ2n) is 16.2. The van der Waals surface area contributed by atoms with Crippen molar-refractivity contribution in [1.82, 2.24) is 5.06 Å². The number of carbonyl (C=O) groups is 3. The van der Waals surface area contributed by atoms with Gasteiger partial charge in [0, 0.05) is 72.5 Å². The highest BCUT2D eigenvalue weighted by Gasteiger charge is 2.49. The van der Waals surface area contributed by atoms with Gasteiger partial charge >= 0.3 is 5.97 Å². The van der Waals surface area contributed by atoms with Crippen LogP contribution in [0.3, 0.4) is 0 Å². The summed E-state index contributed by atoms with van der Waals surface area (Å²) in [6.07, 6.45) is 2.43. The number of hydrogen-bond acceptors (Lipinski definition) is 19. The van der Waals surface area contributed by atoms with E-state index in [4.69, 9.17) is 14.3 Å². The van der Waals surface area contributed by atoms with Gasteiger partial charge in [0.25, 0.3) is 11.8 Å². The molecule has 0 saturated carbocycles. The molecule has 5 rings (SSSR count). The van der Waals surface area contributed by atoms with E-state index in [-0.39, 0.29) is 83.4 Å². The first-order chi connectivity index (χ1) is 30.1. The smallest absolute Gasteiger partial charge is 0.335 e. The van der Waals surface area contributed by atoms with E-state index in [1.807, 2.05) is 0 Å². The molecular weight excluding hydrogens is 939 g/mol. The van der Waals surface area contributed by atoms with Crippen molar-refractivity contribution in [1.29, 1.82) is 0 Å². The van der Waals surface area contributed by atoms with Crippen LogP contribution in [0.5, 0.6) is 0 Å². The number of carbonyl (C=O) groups excluding carboxylic acids is 3. The highest BCUT2D eigenvalue weighted by Crippen LogP contribution is 2.52. The number of rotatable bonds is 22. The van der Waals surface area contributed by atoms with Crippen LogP contribution in [0, 0.1) is 0 Å². The van der Waals surface area contributed by atoms with Crippen LogP contribution in [-0.4, -0.2) is 137 Å². The first-order valence-corrected chi connectivity index (χ1v) is 26.1. The molecule has 21 nitrogen and oxygen atoms in total. The van der Waals surface area contributed by atoms with Gasteiger partial charge < -0.3 is 37.4 Å². The van der Waals surface area contributed by atoms with Crippen LogP contribution in [0.4, 0.5) is 11.4 Å². The van der Waals surface area contributed by atoms with E-state index in [2.05, 4.69) is 0 Å². The molecule has 0 spiro atoms. The number of methoxy groups -OCH3 is 1. The number of amides is 2. The molecule has 2 atom stereocenters. The summed E-state index contributed by atoms with van der Waals surface area (Å²) in [5, 5.41) is 0.402. The molecule has 0 aliphatic carbocycles. The number of benzene rings is 2. The number of imide groups is 1. The van der Waals surface area contributed by atoms with Crippen molar-refractivity contribution in [2.24, 2.45) is 0 Å². The van der Waals surface area contributed by atoms with Crippen molar-refractivity contribution in [2.75, 3.05) is 56.4 Å². The Morgan fingerprint density at radius 1 is 0.785 bits per heavy atom. The average molecular weight is 987 g/mol. The summed E-state index contributed by atoms with van der Waals surface area (Å²) in [4.78, 5) is 41.7. The fraction of sp³-hybridized carbons (Fsp3) is 0.500. The molecule has 358 valence electrons. The van der Waals surface area contributed by atoms with Gasteiger partial charge in [-0.2, -0.15) is 4.58 Å². The Kier molecular flexibility index (Phi) is 15.7. The molecule has 3 aliphatic rings. The standard InChI is InChI=1S/C40H51N3O18S4/c1-27(23-34-39(2,14-5-21-62(47,48)49)30-25-28(64(53,54)55)7-9-32(30)41(34)16-19-59-4)24-35-40(3,15-6-22-63(50,51)52)31-26-29(65(56,57)58)8-10-33(31)42(35)17-20-60-18-13-38(46)61-43-36(44)11-12-37(43)45/h7-10,23-26H,5-6,11-22H2,1-4H3,(H3-,47,48,49,50,51,52,53,54,55,56,57,58)/p-3. The molecule has 0 N–H and O–H groups in total. The highest BCUT2D eigenvalue weighted by molar-refractivity contribution is 7.86. The van der Waals surface area contributed by atoms with Gasteiger partial charge in [-0.15, -0.1) is 5.06 Å². The number of hydrogen-bond donors (Lipinski definition) is 0. The van der Waals surface area contributed by atoms with Crippen LogP contribution in [0.1, 0.15) is 76.8 Å². The van der Waals surface area contributed by atoms with Crippen LogP contribution in [-0.2, 0) is 80.0 Å². The number of allylic oxidation sites excluding steroid dienone is 4. The average Bonchev–Trinajstić information content (AvgIpc) is 3.71. The molecule has 3 heterocycles. The lowest BCUT2D eigenvalue weighted by atomic mass is 9.75. The Balaban J connectivity index is 1.63. The molecule has 2 amide bonds. The van der Waals surface area contributed by atoms with E-state index < -0.39 is 90.4 Å². The minimum atomic E-state index is -5.02. The van der Waals surface area contributed by atoms with Gasteiger partial charge in [0.15, 0.2) is 12.3 Å². The molecule has 2 aromatic rings. The van der Waals surface area contributed by atoms with Gasteiger partial charge in [0.05, 0.1) is 55.1 Å². The van der Waals surface area contributed by atoms with Crippen LogP contribution < -0.4 is 4.90 Å². The maximum Gasteiger partial charge on any atom is 0.335 e. The summed E-state index contributed by atoms with van der Waals surface area (Å²) in [6.45, 7) is 5.05. The van der Waals surface area contributed by atoms with E-state index in [9.17, 15) is 66.3 Å². The third kappa shape index (κ3) is 12.3. The molecule has 0 bridgehead atoms. The lowest BCUT2D eigenvalue weighted by Gasteiger charge is -2.31. The molecule has 2 unspecified atom stereocenters. The van der Waals surface area contributed by atoms with Crippen LogP contribution >= 0.6 is 0 Å². The number of nitrogens with zero attached hydrogens (tertiary/aromatic N) is 3. The second kappa shape index (κ2) is 19.8. The van der Waals surface area contributed by atoms with E-state index in [1.165, 1.54) is 31.4 Å². The zero-order valence-electron chi connectivity index (χ0n) is 35.8. The Labute approximate surface area is 377 Å². The summed E-state index contributed by atoms with van der Waals surface area (Å²) in [7, 11) is -17.9. The molecule has 3 aliphatic heterocycles. The molecule has 1 fully saturated rings. The minimum absolute atomic E-state index is 0.00101. The van der Waals surface area contributed by atoms with Crippen molar-refractivity contribution in [2.45, 2.75) is 86.3 Å².